The van der Waals surface area contributed by atoms with E-state index in [-0.39, 0.29) is 0 Å². The number of alkyl halides is 1. The molecule has 0 aliphatic heterocycles. The van der Waals surface area contributed by atoms with E-state index in [0.29, 0.717) is 18.0 Å². The SMILES string of the molecule is CC[Si](O)(O)CCCl. The quantitative estimate of drug-likeness (QED) is 0.464. The number of rotatable bonds is 3. The topological polar surface area (TPSA) is 40.5 Å². The third-order valence-corrected chi connectivity index (χ3v) is 3.75. The van der Waals surface area contributed by atoms with Crippen molar-refractivity contribution in [2.24, 2.45) is 0 Å². The molecular formula is C4H11ClO2Si. The van der Waals surface area contributed by atoms with Crippen molar-refractivity contribution in [2.75, 3.05) is 5.88 Å². The van der Waals surface area contributed by atoms with Crippen molar-refractivity contribution in [3.8, 4) is 0 Å². The fourth-order valence-corrected chi connectivity index (χ4v) is 1.89. The van der Waals surface area contributed by atoms with Crippen LogP contribution >= 0.6 is 11.6 Å². The molecule has 0 saturated heterocycles. The number of hydrogen-bond acceptors (Lipinski definition) is 2. The molecule has 0 spiro atoms. The van der Waals surface area contributed by atoms with Crippen molar-refractivity contribution in [1.82, 2.24) is 0 Å². The summed E-state index contributed by atoms with van der Waals surface area (Å²) in [7, 11) is -2.81. The summed E-state index contributed by atoms with van der Waals surface area (Å²) >= 11 is 5.28. The van der Waals surface area contributed by atoms with Crippen LogP contribution in [0.25, 0.3) is 0 Å². The van der Waals surface area contributed by atoms with Gasteiger partial charge in [0.25, 0.3) is 0 Å². The molecule has 8 heavy (non-hydrogen) atoms. The largest absolute Gasteiger partial charge is 0.411 e. The van der Waals surface area contributed by atoms with Crippen LogP contribution in [-0.2, 0) is 0 Å². The average Bonchev–Trinajstić information content (AvgIpc) is 1.67. The monoisotopic (exact) mass is 154 g/mol. The minimum atomic E-state index is -2.81. The minimum absolute atomic E-state index is 0.354. The first-order valence-electron chi connectivity index (χ1n) is 2.63. The first-order chi connectivity index (χ1) is 3.62. The van der Waals surface area contributed by atoms with Gasteiger partial charge in [0.2, 0.25) is 0 Å². The summed E-state index contributed by atoms with van der Waals surface area (Å²) in [5, 5.41) is 0. The lowest BCUT2D eigenvalue weighted by molar-refractivity contribution is 0.363. The first-order valence-corrected chi connectivity index (χ1v) is 5.47. The lowest BCUT2D eigenvalue weighted by Gasteiger charge is -2.12. The molecule has 2 nitrogen and oxygen atoms in total. The third kappa shape index (κ3) is 3.43. The molecule has 0 aliphatic carbocycles. The molecule has 0 bridgehead atoms. The van der Waals surface area contributed by atoms with Gasteiger partial charge in [-0.25, -0.2) is 0 Å². The Hall–Kier alpha value is 0.427. The summed E-state index contributed by atoms with van der Waals surface area (Å²) < 4.78 is 0. The summed E-state index contributed by atoms with van der Waals surface area (Å²) in [6.45, 7) is 1.76. The molecule has 50 valence electrons. The molecule has 0 aromatic heterocycles. The molecule has 0 saturated carbocycles. The van der Waals surface area contributed by atoms with Crippen LogP contribution in [0.15, 0.2) is 0 Å². The van der Waals surface area contributed by atoms with Gasteiger partial charge in [0, 0.05) is 11.9 Å². The fraction of sp³-hybridized carbons (Fsp3) is 1.00. The highest BCUT2D eigenvalue weighted by Crippen LogP contribution is 2.07. The molecule has 2 N–H and O–H groups in total. The molecule has 0 atom stereocenters. The van der Waals surface area contributed by atoms with Gasteiger partial charge in [0.15, 0.2) is 0 Å². The molecule has 0 amide bonds. The van der Waals surface area contributed by atoms with E-state index >= 15 is 0 Å². The van der Waals surface area contributed by atoms with E-state index in [2.05, 4.69) is 0 Å². The summed E-state index contributed by atoms with van der Waals surface area (Å²) in [5.41, 5.74) is 0. The molecule has 0 radical (unpaired) electrons. The van der Waals surface area contributed by atoms with E-state index in [1.807, 2.05) is 0 Å². The molecule has 0 heterocycles. The van der Waals surface area contributed by atoms with E-state index in [9.17, 15) is 0 Å². The van der Waals surface area contributed by atoms with Gasteiger partial charge in [-0.1, -0.05) is 6.92 Å². The lowest BCUT2D eigenvalue weighted by Crippen LogP contribution is -2.33. The zero-order chi connectivity index (χ0) is 6.62. The van der Waals surface area contributed by atoms with Crippen molar-refractivity contribution in [1.29, 1.82) is 0 Å². The van der Waals surface area contributed by atoms with Crippen molar-refractivity contribution < 1.29 is 9.59 Å². The van der Waals surface area contributed by atoms with E-state index in [4.69, 9.17) is 21.2 Å². The summed E-state index contributed by atoms with van der Waals surface area (Å²) in [6.07, 6.45) is 0. The van der Waals surface area contributed by atoms with Crippen LogP contribution in [0.2, 0.25) is 12.1 Å². The van der Waals surface area contributed by atoms with Crippen molar-refractivity contribution >= 4 is 20.2 Å². The van der Waals surface area contributed by atoms with Crippen LogP contribution in [0.4, 0.5) is 0 Å². The van der Waals surface area contributed by atoms with E-state index in [1.165, 1.54) is 0 Å². The van der Waals surface area contributed by atoms with E-state index in [1.54, 1.807) is 6.92 Å². The van der Waals surface area contributed by atoms with Gasteiger partial charge < -0.3 is 9.59 Å². The van der Waals surface area contributed by atoms with Crippen molar-refractivity contribution in [3.05, 3.63) is 0 Å². The standard InChI is InChI=1S/C4H11ClO2Si/c1-2-8(6,7)4-3-5/h6-7H,2-4H2,1H3. The van der Waals surface area contributed by atoms with Crippen molar-refractivity contribution in [2.45, 2.75) is 19.0 Å². The fourth-order valence-electron chi connectivity index (χ4n) is 0.328. The Morgan fingerprint density at radius 3 is 2.12 bits per heavy atom. The Morgan fingerprint density at radius 2 is 2.00 bits per heavy atom. The highest BCUT2D eigenvalue weighted by molar-refractivity contribution is 6.65. The molecule has 0 unspecified atom stereocenters. The van der Waals surface area contributed by atoms with Crippen molar-refractivity contribution in [3.63, 3.8) is 0 Å². The van der Waals surface area contributed by atoms with E-state index < -0.39 is 8.56 Å². The highest BCUT2D eigenvalue weighted by atomic mass is 35.5. The number of halogens is 1. The first kappa shape index (κ1) is 8.43. The van der Waals surface area contributed by atoms with Gasteiger partial charge in [-0.2, -0.15) is 0 Å². The van der Waals surface area contributed by atoms with Crippen LogP contribution in [0.3, 0.4) is 0 Å². The Balaban J connectivity index is 3.37. The van der Waals surface area contributed by atoms with Gasteiger partial charge in [0.1, 0.15) is 0 Å². The maximum atomic E-state index is 8.93. The summed E-state index contributed by atoms with van der Waals surface area (Å²) in [5.74, 6) is 0.354. The molecular weight excluding hydrogens is 144 g/mol. The molecule has 0 rings (SSSR count). The lowest BCUT2D eigenvalue weighted by atomic mass is 10.9. The molecule has 4 heteroatoms. The maximum absolute atomic E-state index is 8.93. The second kappa shape index (κ2) is 3.45. The second-order valence-corrected chi connectivity index (χ2v) is 5.32. The normalized spacial score (nSPS) is 12.0. The Kier molecular flexibility index (Phi) is 3.64. The Bertz CT molecular complexity index is 67.1. The van der Waals surface area contributed by atoms with Crippen LogP contribution in [0.5, 0.6) is 0 Å². The summed E-state index contributed by atoms with van der Waals surface area (Å²) in [6, 6.07) is 0.852. The maximum Gasteiger partial charge on any atom is 0.333 e. The second-order valence-electron chi connectivity index (χ2n) is 1.77. The van der Waals surface area contributed by atoms with Gasteiger partial charge in [-0.15, -0.1) is 11.6 Å². The molecule has 0 aromatic rings. The highest BCUT2D eigenvalue weighted by Gasteiger charge is 2.24. The Labute approximate surface area is 55.4 Å². The molecule has 0 aliphatic rings. The predicted molar refractivity (Wildman–Crippen MR) is 36.2 cm³/mol. The number of hydrogen-bond donors (Lipinski definition) is 2. The molecule has 0 aromatic carbocycles. The van der Waals surface area contributed by atoms with Crippen LogP contribution < -0.4 is 0 Å². The smallest absolute Gasteiger partial charge is 0.333 e. The van der Waals surface area contributed by atoms with Gasteiger partial charge >= 0.3 is 8.56 Å². The predicted octanol–water partition coefficient (Wildman–Crippen LogP) is 0.672. The van der Waals surface area contributed by atoms with Crippen LogP contribution in [-0.4, -0.2) is 24.0 Å². The average molecular weight is 155 g/mol. The Morgan fingerprint density at radius 1 is 1.50 bits per heavy atom. The van der Waals surface area contributed by atoms with Gasteiger partial charge in [0.05, 0.1) is 0 Å². The van der Waals surface area contributed by atoms with Crippen LogP contribution in [0, 0.1) is 0 Å². The zero-order valence-corrected chi connectivity index (χ0v) is 6.65. The molecule has 0 fully saturated rings. The zero-order valence-electron chi connectivity index (χ0n) is 4.89. The minimum Gasteiger partial charge on any atom is -0.411 e. The van der Waals surface area contributed by atoms with Gasteiger partial charge in [-0.3, -0.25) is 0 Å². The third-order valence-electron chi connectivity index (χ3n) is 1.06. The summed E-state index contributed by atoms with van der Waals surface area (Å²) in [4.78, 5) is 17.9. The van der Waals surface area contributed by atoms with Gasteiger partial charge in [-0.05, 0) is 6.04 Å². The van der Waals surface area contributed by atoms with Crippen LogP contribution in [0.1, 0.15) is 6.92 Å². The van der Waals surface area contributed by atoms with E-state index in [0.717, 1.165) is 0 Å².